The SMILES string of the molecule is CC(N)(c1ccccc1)c1nc2ccc(O)cc2[nH]1. The summed E-state index contributed by atoms with van der Waals surface area (Å²) in [5.41, 5.74) is 8.26. The molecule has 0 fully saturated rings. The smallest absolute Gasteiger partial charge is 0.131 e. The number of benzene rings is 2. The number of aromatic amines is 1. The molecule has 0 aliphatic carbocycles. The van der Waals surface area contributed by atoms with Crippen LogP contribution in [-0.4, -0.2) is 15.1 Å². The molecule has 4 N–H and O–H groups in total. The number of H-pyrrole nitrogens is 1. The average molecular weight is 253 g/mol. The van der Waals surface area contributed by atoms with Crippen LogP contribution in [0.1, 0.15) is 18.3 Å². The van der Waals surface area contributed by atoms with Gasteiger partial charge in [-0.15, -0.1) is 0 Å². The molecule has 0 amide bonds. The molecule has 4 nitrogen and oxygen atoms in total. The Hall–Kier alpha value is -2.33. The molecular formula is C15H15N3O. The summed E-state index contributed by atoms with van der Waals surface area (Å²) in [5, 5.41) is 9.48. The number of fused-ring (bicyclic) bond motifs is 1. The highest BCUT2D eigenvalue weighted by atomic mass is 16.3. The Bertz CT molecular complexity index is 717. The monoisotopic (exact) mass is 253 g/mol. The lowest BCUT2D eigenvalue weighted by Crippen LogP contribution is -2.35. The zero-order valence-electron chi connectivity index (χ0n) is 10.6. The molecule has 0 spiro atoms. The van der Waals surface area contributed by atoms with Gasteiger partial charge in [0.05, 0.1) is 16.6 Å². The molecule has 4 heteroatoms. The average Bonchev–Trinajstić information content (AvgIpc) is 2.83. The van der Waals surface area contributed by atoms with E-state index in [4.69, 9.17) is 5.73 Å². The van der Waals surface area contributed by atoms with Crippen molar-refractivity contribution in [1.29, 1.82) is 0 Å². The van der Waals surface area contributed by atoms with Gasteiger partial charge < -0.3 is 15.8 Å². The third-order valence-corrected chi connectivity index (χ3v) is 3.33. The Balaban J connectivity index is 2.13. The van der Waals surface area contributed by atoms with Crippen LogP contribution < -0.4 is 5.73 Å². The second-order valence-electron chi connectivity index (χ2n) is 4.86. The summed E-state index contributed by atoms with van der Waals surface area (Å²) < 4.78 is 0. The van der Waals surface area contributed by atoms with E-state index in [1.165, 1.54) is 0 Å². The number of nitrogens with two attached hydrogens (primary N) is 1. The van der Waals surface area contributed by atoms with Gasteiger partial charge in [-0.25, -0.2) is 4.98 Å². The molecular weight excluding hydrogens is 238 g/mol. The van der Waals surface area contributed by atoms with E-state index in [9.17, 15) is 5.11 Å². The number of aromatic hydroxyl groups is 1. The fraction of sp³-hybridized carbons (Fsp3) is 0.133. The van der Waals surface area contributed by atoms with Crippen LogP contribution >= 0.6 is 0 Å². The summed E-state index contributed by atoms with van der Waals surface area (Å²) in [5.74, 6) is 0.889. The van der Waals surface area contributed by atoms with Gasteiger partial charge in [-0.05, 0) is 24.6 Å². The van der Waals surface area contributed by atoms with Crippen molar-refractivity contribution in [3.05, 3.63) is 59.9 Å². The number of phenolic OH excluding ortho intramolecular Hbond substituents is 1. The number of phenols is 1. The quantitative estimate of drug-likeness (QED) is 0.656. The van der Waals surface area contributed by atoms with Gasteiger partial charge in [0, 0.05) is 6.07 Å². The largest absolute Gasteiger partial charge is 0.508 e. The molecule has 0 saturated heterocycles. The topological polar surface area (TPSA) is 74.9 Å². The van der Waals surface area contributed by atoms with Crippen LogP contribution in [0.5, 0.6) is 5.75 Å². The van der Waals surface area contributed by atoms with Crippen LogP contribution in [0.25, 0.3) is 11.0 Å². The molecule has 1 atom stereocenters. The predicted molar refractivity (Wildman–Crippen MR) is 74.8 cm³/mol. The lowest BCUT2D eigenvalue weighted by atomic mass is 9.92. The fourth-order valence-corrected chi connectivity index (χ4v) is 2.16. The van der Waals surface area contributed by atoms with Crippen LogP contribution in [0.3, 0.4) is 0 Å². The molecule has 19 heavy (non-hydrogen) atoms. The van der Waals surface area contributed by atoms with Crippen LogP contribution in [0.15, 0.2) is 48.5 Å². The number of rotatable bonds is 2. The number of hydrogen-bond donors (Lipinski definition) is 3. The Kier molecular flexibility index (Phi) is 2.54. The van der Waals surface area contributed by atoms with E-state index in [0.29, 0.717) is 5.82 Å². The minimum absolute atomic E-state index is 0.209. The molecule has 0 saturated carbocycles. The number of imidazole rings is 1. The number of hydrogen-bond acceptors (Lipinski definition) is 3. The zero-order valence-corrected chi connectivity index (χ0v) is 10.6. The van der Waals surface area contributed by atoms with Gasteiger partial charge in [0.1, 0.15) is 11.6 Å². The fourth-order valence-electron chi connectivity index (χ4n) is 2.16. The van der Waals surface area contributed by atoms with Gasteiger partial charge in [0.25, 0.3) is 0 Å². The van der Waals surface area contributed by atoms with Crippen molar-refractivity contribution < 1.29 is 5.11 Å². The van der Waals surface area contributed by atoms with Crippen LogP contribution in [0, 0.1) is 0 Å². The summed E-state index contributed by atoms with van der Waals surface area (Å²) in [7, 11) is 0. The Morgan fingerprint density at radius 2 is 1.89 bits per heavy atom. The highest BCUT2D eigenvalue weighted by Crippen LogP contribution is 2.27. The van der Waals surface area contributed by atoms with Crippen LogP contribution in [0.2, 0.25) is 0 Å². The summed E-state index contributed by atoms with van der Waals surface area (Å²) >= 11 is 0. The van der Waals surface area contributed by atoms with E-state index in [-0.39, 0.29) is 5.75 Å². The number of aromatic nitrogens is 2. The summed E-state index contributed by atoms with van der Waals surface area (Å²) in [6.45, 7) is 1.92. The van der Waals surface area contributed by atoms with E-state index >= 15 is 0 Å². The van der Waals surface area contributed by atoms with Crippen molar-refractivity contribution in [1.82, 2.24) is 9.97 Å². The van der Waals surface area contributed by atoms with Crippen molar-refractivity contribution in [3.8, 4) is 5.75 Å². The Labute approximate surface area is 110 Å². The number of nitrogens with one attached hydrogen (secondary N) is 1. The molecule has 0 bridgehead atoms. The van der Waals surface area contributed by atoms with Gasteiger partial charge in [-0.3, -0.25) is 0 Å². The lowest BCUT2D eigenvalue weighted by molar-refractivity contribution is 0.476. The maximum absolute atomic E-state index is 9.48. The number of nitrogens with zero attached hydrogens (tertiary/aromatic N) is 1. The molecule has 0 aliphatic heterocycles. The minimum atomic E-state index is -0.699. The van der Waals surface area contributed by atoms with Crippen molar-refractivity contribution in [3.63, 3.8) is 0 Å². The Morgan fingerprint density at radius 1 is 1.16 bits per heavy atom. The first-order valence-electron chi connectivity index (χ1n) is 6.11. The Morgan fingerprint density at radius 3 is 2.63 bits per heavy atom. The normalized spacial score (nSPS) is 14.4. The second-order valence-corrected chi connectivity index (χ2v) is 4.86. The van der Waals surface area contributed by atoms with Gasteiger partial charge in [-0.2, -0.15) is 0 Å². The molecule has 1 heterocycles. The standard InChI is InChI=1S/C15H15N3O/c1-15(16,10-5-3-2-4-6-10)14-17-12-8-7-11(19)9-13(12)18-14/h2-9,19H,16H2,1H3,(H,17,18). The van der Waals surface area contributed by atoms with Crippen molar-refractivity contribution >= 4 is 11.0 Å². The van der Waals surface area contributed by atoms with Gasteiger partial charge in [0.2, 0.25) is 0 Å². The molecule has 0 radical (unpaired) electrons. The van der Waals surface area contributed by atoms with E-state index in [1.54, 1.807) is 18.2 Å². The van der Waals surface area contributed by atoms with Crippen LogP contribution in [-0.2, 0) is 5.54 Å². The van der Waals surface area contributed by atoms with E-state index < -0.39 is 5.54 Å². The van der Waals surface area contributed by atoms with Crippen LogP contribution in [0.4, 0.5) is 0 Å². The molecule has 2 aromatic carbocycles. The maximum Gasteiger partial charge on any atom is 0.131 e. The predicted octanol–water partition coefficient (Wildman–Crippen LogP) is 2.49. The van der Waals surface area contributed by atoms with Crippen molar-refractivity contribution in [2.75, 3.05) is 0 Å². The summed E-state index contributed by atoms with van der Waals surface area (Å²) in [6.07, 6.45) is 0. The molecule has 1 aromatic heterocycles. The van der Waals surface area contributed by atoms with Gasteiger partial charge in [0.15, 0.2) is 0 Å². The first-order chi connectivity index (χ1) is 9.07. The van der Waals surface area contributed by atoms with Crippen molar-refractivity contribution in [2.24, 2.45) is 5.73 Å². The van der Waals surface area contributed by atoms with E-state index in [0.717, 1.165) is 16.6 Å². The van der Waals surface area contributed by atoms with E-state index in [2.05, 4.69) is 9.97 Å². The first-order valence-corrected chi connectivity index (χ1v) is 6.11. The first kappa shape index (κ1) is 11.7. The summed E-state index contributed by atoms with van der Waals surface area (Å²) in [4.78, 5) is 7.69. The zero-order chi connectivity index (χ0) is 13.5. The molecule has 3 aromatic rings. The lowest BCUT2D eigenvalue weighted by Gasteiger charge is -2.22. The third kappa shape index (κ3) is 1.96. The maximum atomic E-state index is 9.48. The van der Waals surface area contributed by atoms with E-state index in [1.807, 2.05) is 37.3 Å². The third-order valence-electron chi connectivity index (χ3n) is 3.33. The second kappa shape index (κ2) is 4.10. The molecule has 3 rings (SSSR count). The van der Waals surface area contributed by atoms with Gasteiger partial charge in [-0.1, -0.05) is 30.3 Å². The summed E-state index contributed by atoms with van der Waals surface area (Å²) in [6, 6.07) is 14.8. The molecule has 0 aliphatic rings. The molecule has 96 valence electrons. The van der Waals surface area contributed by atoms with Gasteiger partial charge >= 0.3 is 0 Å². The highest BCUT2D eigenvalue weighted by molar-refractivity contribution is 5.77. The molecule has 1 unspecified atom stereocenters. The highest BCUT2D eigenvalue weighted by Gasteiger charge is 2.27. The minimum Gasteiger partial charge on any atom is -0.508 e. The van der Waals surface area contributed by atoms with Crippen molar-refractivity contribution in [2.45, 2.75) is 12.5 Å².